The van der Waals surface area contributed by atoms with E-state index in [-0.39, 0.29) is 5.97 Å². The summed E-state index contributed by atoms with van der Waals surface area (Å²) in [5.41, 5.74) is 0.427. The van der Waals surface area contributed by atoms with Gasteiger partial charge in [-0.05, 0) is 43.6 Å². The molecule has 6 nitrogen and oxygen atoms in total. The molecule has 1 heterocycles. The molecule has 0 aliphatic carbocycles. The van der Waals surface area contributed by atoms with Gasteiger partial charge in [-0.2, -0.15) is 5.26 Å². The predicted octanol–water partition coefficient (Wildman–Crippen LogP) is 2.12. The van der Waals surface area contributed by atoms with Gasteiger partial charge in [0.15, 0.2) is 11.5 Å². The quantitative estimate of drug-likeness (QED) is 0.743. The predicted molar refractivity (Wildman–Crippen MR) is 89.1 cm³/mol. The smallest absolute Gasteiger partial charge is 0.306 e. The van der Waals surface area contributed by atoms with Gasteiger partial charge in [0.25, 0.3) is 0 Å². The summed E-state index contributed by atoms with van der Waals surface area (Å²) in [6.45, 7) is 2.22. The van der Waals surface area contributed by atoms with Crippen molar-refractivity contribution >= 4 is 5.97 Å². The van der Waals surface area contributed by atoms with Crippen LogP contribution in [0.4, 0.5) is 0 Å². The van der Waals surface area contributed by atoms with Gasteiger partial charge >= 0.3 is 5.97 Å². The number of carbonyl (C=O) groups is 1. The van der Waals surface area contributed by atoms with Crippen LogP contribution in [-0.4, -0.2) is 51.8 Å². The Morgan fingerprint density at radius 1 is 1.21 bits per heavy atom. The standard InChI is InChI=1S/C18H24N2O4/c1-22-15-5-4-14(12-16(15)23-2)18(13-19)7-10-20(11-8-18)9-6-17(21)24-3/h4-5,12H,6-11H2,1-3H3. The van der Waals surface area contributed by atoms with Crippen LogP contribution in [0.25, 0.3) is 0 Å². The highest BCUT2D eigenvalue weighted by molar-refractivity contribution is 5.69. The summed E-state index contributed by atoms with van der Waals surface area (Å²) in [6.07, 6.45) is 1.83. The van der Waals surface area contributed by atoms with Gasteiger partial charge in [0.2, 0.25) is 0 Å². The van der Waals surface area contributed by atoms with Gasteiger partial charge in [-0.15, -0.1) is 0 Å². The molecule has 1 saturated heterocycles. The van der Waals surface area contributed by atoms with Crippen molar-refractivity contribution in [2.24, 2.45) is 0 Å². The van der Waals surface area contributed by atoms with E-state index < -0.39 is 5.41 Å². The number of methoxy groups -OCH3 is 3. The number of nitriles is 1. The van der Waals surface area contributed by atoms with Crippen molar-refractivity contribution in [3.8, 4) is 17.6 Å². The topological polar surface area (TPSA) is 71.8 Å². The molecule has 2 rings (SSSR count). The van der Waals surface area contributed by atoms with Crippen LogP contribution in [0.3, 0.4) is 0 Å². The molecule has 1 aliphatic heterocycles. The van der Waals surface area contributed by atoms with Crippen molar-refractivity contribution in [3.05, 3.63) is 23.8 Å². The van der Waals surface area contributed by atoms with E-state index in [9.17, 15) is 10.1 Å². The number of hydrogen-bond acceptors (Lipinski definition) is 6. The minimum absolute atomic E-state index is 0.202. The molecule has 0 N–H and O–H groups in total. The largest absolute Gasteiger partial charge is 0.493 e. The van der Waals surface area contributed by atoms with E-state index in [1.54, 1.807) is 14.2 Å². The van der Waals surface area contributed by atoms with Crippen molar-refractivity contribution < 1.29 is 19.0 Å². The second kappa shape index (κ2) is 8.02. The van der Waals surface area contributed by atoms with Gasteiger partial charge in [-0.25, -0.2) is 0 Å². The monoisotopic (exact) mass is 332 g/mol. The Hall–Kier alpha value is -2.26. The van der Waals surface area contributed by atoms with Crippen molar-refractivity contribution in [1.82, 2.24) is 4.90 Å². The van der Waals surface area contributed by atoms with E-state index in [4.69, 9.17) is 9.47 Å². The molecule has 1 aromatic rings. The number of hydrogen-bond donors (Lipinski definition) is 0. The number of benzene rings is 1. The normalized spacial score (nSPS) is 16.9. The Kier molecular flexibility index (Phi) is 6.04. The van der Waals surface area contributed by atoms with E-state index >= 15 is 0 Å². The minimum Gasteiger partial charge on any atom is -0.493 e. The van der Waals surface area contributed by atoms with Crippen LogP contribution in [-0.2, 0) is 14.9 Å². The van der Waals surface area contributed by atoms with Crippen molar-refractivity contribution in [2.75, 3.05) is 41.0 Å². The van der Waals surface area contributed by atoms with Crippen molar-refractivity contribution in [3.63, 3.8) is 0 Å². The second-order valence-corrected chi connectivity index (χ2v) is 5.93. The number of nitrogens with zero attached hydrogens (tertiary/aromatic N) is 2. The van der Waals surface area contributed by atoms with Crippen LogP contribution < -0.4 is 9.47 Å². The van der Waals surface area contributed by atoms with E-state index in [0.29, 0.717) is 24.5 Å². The summed E-state index contributed by atoms with van der Waals surface area (Å²) < 4.78 is 15.3. The lowest BCUT2D eigenvalue weighted by atomic mass is 9.74. The molecule has 0 atom stereocenters. The van der Waals surface area contributed by atoms with Crippen LogP contribution in [0.2, 0.25) is 0 Å². The van der Waals surface area contributed by atoms with Gasteiger partial charge in [0.05, 0.1) is 39.2 Å². The van der Waals surface area contributed by atoms with Crippen LogP contribution in [0.1, 0.15) is 24.8 Å². The first-order valence-electron chi connectivity index (χ1n) is 8.01. The fraction of sp³-hybridized carbons (Fsp3) is 0.556. The maximum absolute atomic E-state index is 11.3. The molecule has 0 saturated carbocycles. The molecule has 130 valence electrons. The highest BCUT2D eigenvalue weighted by Gasteiger charge is 2.37. The number of carbonyl (C=O) groups excluding carboxylic acids is 1. The zero-order valence-electron chi connectivity index (χ0n) is 14.5. The molecular formula is C18H24N2O4. The first kappa shape index (κ1) is 18.1. The Balaban J connectivity index is 2.09. The third-order valence-electron chi connectivity index (χ3n) is 4.72. The van der Waals surface area contributed by atoms with E-state index in [2.05, 4.69) is 15.7 Å². The molecule has 0 amide bonds. The lowest BCUT2D eigenvalue weighted by Gasteiger charge is -2.37. The van der Waals surface area contributed by atoms with Crippen LogP contribution >= 0.6 is 0 Å². The van der Waals surface area contributed by atoms with Gasteiger partial charge < -0.3 is 19.1 Å². The van der Waals surface area contributed by atoms with E-state index in [1.165, 1.54) is 7.11 Å². The Morgan fingerprint density at radius 3 is 2.42 bits per heavy atom. The molecule has 1 fully saturated rings. The number of likely N-dealkylation sites (tertiary alicyclic amines) is 1. The summed E-state index contributed by atoms with van der Waals surface area (Å²) in [5, 5.41) is 9.81. The number of esters is 1. The summed E-state index contributed by atoms with van der Waals surface area (Å²) >= 11 is 0. The molecule has 0 aromatic heterocycles. The molecule has 1 aromatic carbocycles. The van der Waals surface area contributed by atoms with E-state index in [1.807, 2.05) is 18.2 Å². The average Bonchev–Trinajstić information content (AvgIpc) is 2.65. The Labute approximate surface area is 142 Å². The molecule has 0 radical (unpaired) electrons. The van der Waals surface area contributed by atoms with Crippen LogP contribution in [0.5, 0.6) is 11.5 Å². The SMILES string of the molecule is COC(=O)CCN1CCC(C#N)(c2ccc(OC)c(OC)c2)CC1. The van der Waals surface area contributed by atoms with E-state index in [0.717, 1.165) is 31.5 Å². The van der Waals surface area contributed by atoms with Gasteiger partial charge in [-0.3, -0.25) is 4.79 Å². The lowest BCUT2D eigenvalue weighted by Crippen LogP contribution is -2.42. The molecule has 0 unspecified atom stereocenters. The van der Waals surface area contributed by atoms with Gasteiger partial charge in [0.1, 0.15) is 0 Å². The highest BCUT2D eigenvalue weighted by atomic mass is 16.5. The van der Waals surface area contributed by atoms with Crippen molar-refractivity contribution in [1.29, 1.82) is 5.26 Å². The number of piperidine rings is 1. The summed E-state index contributed by atoms with van der Waals surface area (Å²) in [5.74, 6) is 1.09. The third-order valence-corrected chi connectivity index (χ3v) is 4.72. The molecule has 0 bridgehead atoms. The highest BCUT2D eigenvalue weighted by Crippen LogP contribution is 2.39. The Morgan fingerprint density at radius 2 is 1.88 bits per heavy atom. The van der Waals surface area contributed by atoms with Crippen LogP contribution in [0.15, 0.2) is 18.2 Å². The minimum atomic E-state index is -0.526. The van der Waals surface area contributed by atoms with Crippen molar-refractivity contribution in [2.45, 2.75) is 24.7 Å². The molecular weight excluding hydrogens is 308 g/mol. The molecule has 24 heavy (non-hydrogen) atoms. The van der Waals surface area contributed by atoms with Gasteiger partial charge in [-0.1, -0.05) is 6.07 Å². The van der Waals surface area contributed by atoms with Crippen LogP contribution in [0, 0.1) is 11.3 Å². The second-order valence-electron chi connectivity index (χ2n) is 5.93. The lowest BCUT2D eigenvalue weighted by molar-refractivity contribution is -0.141. The first-order valence-corrected chi connectivity index (χ1v) is 8.01. The molecule has 0 spiro atoms. The first-order chi connectivity index (χ1) is 11.6. The summed E-state index contributed by atoms with van der Waals surface area (Å²) in [7, 11) is 4.59. The zero-order valence-corrected chi connectivity index (χ0v) is 14.5. The fourth-order valence-corrected chi connectivity index (χ4v) is 3.11. The Bertz CT molecular complexity index is 616. The number of ether oxygens (including phenoxy) is 3. The summed E-state index contributed by atoms with van der Waals surface area (Å²) in [4.78, 5) is 13.5. The maximum atomic E-state index is 11.3. The zero-order chi connectivity index (χ0) is 17.6. The summed E-state index contributed by atoms with van der Waals surface area (Å²) in [6, 6.07) is 8.18. The average molecular weight is 332 g/mol. The molecule has 6 heteroatoms. The van der Waals surface area contributed by atoms with Gasteiger partial charge in [0, 0.05) is 6.54 Å². The number of rotatable bonds is 6. The maximum Gasteiger partial charge on any atom is 0.306 e. The third kappa shape index (κ3) is 3.80. The fourth-order valence-electron chi connectivity index (χ4n) is 3.11. The molecule has 1 aliphatic rings.